The van der Waals surface area contributed by atoms with Crippen LogP contribution < -0.4 is 15.0 Å². The molecule has 1 aliphatic carbocycles. The van der Waals surface area contributed by atoms with Gasteiger partial charge in [0.05, 0.1) is 13.4 Å². The number of hydrogen-bond acceptors (Lipinski definition) is 8. The van der Waals surface area contributed by atoms with E-state index >= 15 is 0 Å². The van der Waals surface area contributed by atoms with Gasteiger partial charge in [0.25, 0.3) is 11.8 Å². The number of nitrogens with one attached hydrogen (secondary N) is 1. The van der Waals surface area contributed by atoms with Crippen LogP contribution in [0.15, 0.2) is 63.6 Å². The summed E-state index contributed by atoms with van der Waals surface area (Å²) in [6.07, 6.45) is 5.43. The molecule has 1 saturated carbocycles. The molecule has 0 saturated heterocycles. The summed E-state index contributed by atoms with van der Waals surface area (Å²) in [5, 5.41) is 15.4. The first-order valence-corrected chi connectivity index (χ1v) is 12.2. The van der Waals surface area contributed by atoms with Crippen molar-refractivity contribution in [2.24, 2.45) is 0 Å². The summed E-state index contributed by atoms with van der Waals surface area (Å²) in [5.41, 5.74) is 0.496. The third-order valence-corrected chi connectivity index (χ3v) is 6.33. The van der Waals surface area contributed by atoms with Gasteiger partial charge >= 0.3 is 0 Å². The third-order valence-electron chi connectivity index (χ3n) is 6.33. The normalized spacial score (nSPS) is 14.4. The Balaban J connectivity index is 1.47. The van der Waals surface area contributed by atoms with Crippen LogP contribution in [0.25, 0.3) is 11.6 Å². The van der Waals surface area contributed by atoms with Crippen molar-refractivity contribution in [2.45, 2.75) is 51.2 Å². The first-order chi connectivity index (χ1) is 18.0. The van der Waals surface area contributed by atoms with Crippen molar-refractivity contribution in [3.05, 3.63) is 66.3 Å². The lowest BCUT2D eigenvalue weighted by molar-refractivity contribution is -0.128. The van der Waals surface area contributed by atoms with E-state index in [4.69, 9.17) is 13.6 Å². The molecule has 0 radical (unpaired) electrons. The Morgan fingerprint density at radius 2 is 1.95 bits per heavy atom. The highest BCUT2D eigenvalue weighted by atomic mass is 16.5. The number of amides is 2. The maximum atomic E-state index is 13.8. The highest BCUT2D eigenvalue weighted by Crippen LogP contribution is 2.31. The van der Waals surface area contributed by atoms with Gasteiger partial charge in [-0.2, -0.15) is 4.80 Å². The molecule has 0 spiro atoms. The topological polar surface area (TPSA) is 129 Å². The lowest BCUT2D eigenvalue weighted by Gasteiger charge is -2.30. The number of benzene rings is 1. The molecule has 11 heteroatoms. The quantitative estimate of drug-likeness (QED) is 0.366. The number of ether oxygens (including phenoxy) is 1. The molecule has 37 heavy (non-hydrogen) atoms. The predicted octanol–water partition coefficient (Wildman–Crippen LogP) is 3.68. The fraction of sp³-hybridized carbons (Fsp3) is 0.346. The van der Waals surface area contributed by atoms with Gasteiger partial charge in [0.2, 0.25) is 5.82 Å². The molecule has 3 aromatic heterocycles. The van der Waals surface area contributed by atoms with Gasteiger partial charge in [0, 0.05) is 11.7 Å². The minimum absolute atomic E-state index is 0.0640. The highest BCUT2D eigenvalue weighted by molar-refractivity contribution is 6.01. The second kappa shape index (κ2) is 10.7. The molecular weight excluding hydrogens is 476 g/mol. The number of anilines is 1. The smallest absolute Gasteiger partial charge is 0.251 e. The largest absolute Gasteiger partial charge is 0.497 e. The summed E-state index contributed by atoms with van der Waals surface area (Å²) in [7, 11) is 1.56. The van der Waals surface area contributed by atoms with E-state index in [9.17, 15) is 9.59 Å². The molecule has 192 valence electrons. The van der Waals surface area contributed by atoms with Crippen molar-refractivity contribution in [1.29, 1.82) is 0 Å². The Bertz CT molecular complexity index is 1340. The third kappa shape index (κ3) is 5.40. The summed E-state index contributed by atoms with van der Waals surface area (Å²) in [4.78, 5) is 30.0. The number of methoxy groups -OCH3 is 1. The SMILES string of the molecule is COc1ccc(N(C(=O)Cn2nnc(-c3ccc(C)o3)n2)[C@H](C(=O)NC2CCCC2)c2ccco2)cc1. The average Bonchev–Trinajstić information content (AvgIpc) is 3.71. The first kappa shape index (κ1) is 24.3. The van der Waals surface area contributed by atoms with Crippen molar-refractivity contribution in [2.75, 3.05) is 12.0 Å². The van der Waals surface area contributed by atoms with E-state index in [1.807, 2.05) is 6.92 Å². The maximum Gasteiger partial charge on any atom is 0.251 e. The molecule has 0 aliphatic heterocycles. The number of tetrazole rings is 1. The van der Waals surface area contributed by atoms with Gasteiger partial charge in [-0.05, 0) is 73.5 Å². The van der Waals surface area contributed by atoms with Crippen molar-refractivity contribution in [3.63, 3.8) is 0 Å². The number of aryl methyl sites for hydroxylation is 1. The molecule has 1 aliphatic rings. The van der Waals surface area contributed by atoms with Crippen LogP contribution in [0, 0.1) is 6.92 Å². The molecular formula is C26H28N6O5. The van der Waals surface area contributed by atoms with Gasteiger partial charge in [0.15, 0.2) is 11.8 Å². The van der Waals surface area contributed by atoms with Gasteiger partial charge in [-0.25, -0.2) is 0 Å². The second-order valence-corrected chi connectivity index (χ2v) is 8.92. The lowest BCUT2D eigenvalue weighted by Crippen LogP contribution is -2.47. The fourth-order valence-corrected chi connectivity index (χ4v) is 4.51. The summed E-state index contributed by atoms with van der Waals surface area (Å²) in [6.45, 7) is 1.56. The van der Waals surface area contributed by atoms with Gasteiger partial charge in [-0.3, -0.25) is 14.5 Å². The zero-order valence-corrected chi connectivity index (χ0v) is 20.7. The molecule has 0 bridgehead atoms. The summed E-state index contributed by atoms with van der Waals surface area (Å²) < 4.78 is 16.5. The van der Waals surface area contributed by atoms with E-state index in [1.54, 1.807) is 55.6 Å². The summed E-state index contributed by atoms with van der Waals surface area (Å²) in [6, 6.07) is 12.9. The molecule has 1 N–H and O–H groups in total. The fourth-order valence-electron chi connectivity index (χ4n) is 4.51. The van der Waals surface area contributed by atoms with Crippen molar-refractivity contribution in [3.8, 4) is 17.3 Å². The average molecular weight is 505 g/mol. The Morgan fingerprint density at radius 3 is 2.59 bits per heavy atom. The van der Waals surface area contributed by atoms with Crippen molar-refractivity contribution in [1.82, 2.24) is 25.5 Å². The lowest BCUT2D eigenvalue weighted by atomic mass is 10.1. The van der Waals surface area contributed by atoms with Crippen LogP contribution >= 0.6 is 0 Å². The minimum Gasteiger partial charge on any atom is -0.497 e. The molecule has 1 atom stereocenters. The highest BCUT2D eigenvalue weighted by Gasteiger charge is 2.36. The summed E-state index contributed by atoms with van der Waals surface area (Å²) >= 11 is 0. The second-order valence-electron chi connectivity index (χ2n) is 8.92. The Morgan fingerprint density at radius 1 is 1.16 bits per heavy atom. The Hall–Kier alpha value is -4.41. The monoisotopic (exact) mass is 504 g/mol. The van der Waals surface area contributed by atoms with E-state index in [2.05, 4.69) is 20.7 Å². The van der Waals surface area contributed by atoms with E-state index in [0.717, 1.165) is 25.7 Å². The van der Waals surface area contributed by atoms with Crippen molar-refractivity contribution >= 4 is 17.5 Å². The van der Waals surface area contributed by atoms with Crippen LogP contribution in [-0.2, 0) is 16.1 Å². The van der Waals surface area contributed by atoms with Crippen LogP contribution in [0.2, 0.25) is 0 Å². The number of furan rings is 2. The number of rotatable bonds is 9. The zero-order chi connectivity index (χ0) is 25.8. The number of hydrogen-bond donors (Lipinski definition) is 1. The molecule has 5 rings (SSSR count). The number of aromatic nitrogens is 4. The van der Waals surface area contributed by atoms with E-state index in [0.29, 0.717) is 28.7 Å². The molecule has 4 aromatic rings. The van der Waals surface area contributed by atoms with E-state index < -0.39 is 11.9 Å². The Kier molecular flexibility index (Phi) is 7.02. The summed E-state index contributed by atoms with van der Waals surface area (Å²) in [5.74, 6) is 1.65. The van der Waals surface area contributed by atoms with E-state index in [1.165, 1.54) is 16.0 Å². The van der Waals surface area contributed by atoms with Crippen LogP contribution in [0.4, 0.5) is 5.69 Å². The van der Waals surface area contributed by atoms with Crippen LogP contribution in [0.5, 0.6) is 5.75 Å². The predicted molar refractivity (Wildman–Crippen MR) is 133 cm³/mol. The van der Waals surface area contributed by atoms with Gasteiger partial charge < -0.3 is 18.9 Å². The van der Waals surface area contributed by atoms with Gasteiger partial charge in [0.1, 0.15) is 23.8 Å². The van der Waals surface area contributed by atoms with Gasteiger partial charge in [-0.15, -0.1) is 10.2 Å². The minimum atomic E-state index is -1.03. The molecule has 11 nitrogen and oxygen atoms in total. The van der Waals surface area contributed by atoms with Crippen molar-refractivity contribution < 1.29 is 23.2 Å². The van der Waals surface area contributed by atoms with E-state index in [-0.39, 0.29) is 24.3 Å². The number of carbonyl (C=O) groups excluding carboxylic acids is 2. The standard InChI is InChI=1S/C26H28N6O5/c1-17-9-14-22(37-17)25-28-30-31(29-25)16-23(33)32(19-10-12-20(35-2)13-11-19)24(21-8-5-15-36-21)26(34)27-18-6-3-4-7-18/h5,8-15,18,24H,3-4,6-7,16H2,1-2H3,(H,27,34)/t24-/m0/s1. The number of carbonyl (C=O) groups is 2. The first-order valence-electron chi connectivity index (χ1n) is 12.2. The molecule has 0 unspecified atom stereocenters. The molecule has 1 aromatic carbocycles. The van der Waals surface area contributed by atoms with Crippen LogP contribution in [-0.4, -0.2) is 45.2 Å². The maximum absolute atomic E-state index is 13.8. The van der Waals surface area contributed by atoms with Crippen LogP contribution in [0.3, 0.4) is 0 Å². The molecule has 1 fully saturated rings. The Labute approximate surface area is 213 Å². The zero-order valence-electron chi connectivity index (χ0n) is 20.7. The molecule has 2 amide bonds. The van der Waals surface area contributed by atoms with Gasteiger partial charge in [-0.1, -0.05) is 12.8 Å². The molecule has 3 heterocycles. The van der Waals surface area contributed by atoms with Crippen LogP contribution in [0.1, 0.15) is 43.2 Å². The number of nitrogens with zero attached hydrogens (tertiary/aromatic N) is 5.